The highest BCUT2D eigenvalue weighted by Gasteiger charge is 2.07. The molecule has 0 aliphatic heterocycles. The molecule has 0 saturated carbocycles. The number of nitrogens with one attached hydrogen (secondary N) is 1. The fourth-order valence-corrected chi connectivity index (χ4v) is 3.84. The molecule has 114 valence electrons. The summed E-state index contributed by atoms with van der Waals surface area (Å²) in [4.78, 5) is 1.23. The zero-order valence-electron chi connectivity index (χ0n) is 11.6. The van der Waals surface area contributed by atoms with Gasteiger partial charge >= 0.3 is 0 Å². The van der Waals surface area contributed by atoms with Crippen molar-refractivity contribution in [2.24, 2.45) is 0 Å². The Kier molecular flexibility index (Phi) is 6.70. The fourth-order valence-electron chi connectivity index (χ4n) is 1.78. The van der Waals surface area contributed by atoms with Crippen molar-refractivity contribution in [2.45, 2.75) is 19.6 Å². The van der Waals surface area contributed by atoms with Gasteiger partial charge in [-0.1, -0.05) is 6.07 Å². The Balaban J connectivity index is 1.70. The lowest BCUT2D eigenvalue weighted by Gasteiger charge is -2.14. The van der Waals surface area contributed by atoms with Gasteiger partial charge in [0.05, 0.1) is 8.26 Å². The molecule has 0 radical (unpaired) electrons. The summed E-state index contributed by atoms with van der Waals surface area (Å²) in [6.07, 6.45) is -0.540. The molecule has 6 heteroatoms. The minimum Gasteiger partial charge on any atom is -0.490 e. The summed E-state index contributed by atoms with van der Waals surface area (Å²) in [7, 11) is 0. The molecule has 1 aromatic carbocycles. The number of rotatable bonds is 7. The first-order valence-corrected chi connectivity index (χ1v) is 8.97. The molecule has 2 rings (SSSR count). The minimum absolute atomic E-state index is 0.267. The van der Waals surface area contributed by atoms with Crippen molar-refractivity contribution in [3.05, 3.63) is 49.0 Å². The van der Waals surface area contributed by atoms with E-state index in [0.29, 0.717) is 6.54 Å². The zero-order chi connectivity index (χ0) is 15.2. The van der Waals surface area contributed by atoms with Gasteiger partial charge in [-0.15, -0.1) is 11.3 Å². The summed E-state index contributed by atoms with van der Waals surface area (Å²) < 4.78 is 7.65. The molecule has 3 nitrogen and oxygen atoms in total. The number of thiophene rings is 1. The first-order chi connectivity index (χ1) is 10.0. The molecule has 0 spiro atoms. The first kappa shape index (κ1) is 17.0. The molecular formula is C15H17Br2NO2S. The molecule has 0 bridgehead atoms. The summed E-state index contributed by atoms with van der Waals surface area (Å²) in [5.74, 6) is 0.752. The molecule has 0 aliphatic carbocycles. The van der Waals surface area contributed by atoms with Crippen LogP contribution in [-0.4, -0.2) is 24.4 Å². The minimum atomic E-state index is -0.540. The van der Waals surface area contributed by atoms with Crippen LogP contribution in [0.1, 0.15) is 10.4 Å². The Morgan fingerprint density at radius 1 is 1.29 bits per heavy atom. The van der Waals surface area contributed by atoms with Crippen LogP contribution in [0.4, 0.5) is 0 Å². The van der Waals surface area contributed by atoms with Crippen LogP contribution in [0.25, 0.3) is 0 Å². The maximum Gasteiger partial charge on any atom is 0.133 e. The number of hydrogen-bond acceptors (Lipinski definition) is 4. The maximum atomic E-state index is 9.93. The highest BCUT2D eigenvalue weighted by Crippen LogP contribution is 2.25. The Morgan fingerprint density at radius 2 is 2.10 bits per heavy atom. The van der Waals surface area contributed by atoms with E-state index >= 15 is 0 Å². The third-order valence-corrected chi connectivity index (χ3v) is 5.07. The number of aliphatic hydroxyl groups excluding tert-OH is 1. The van der Waals surface area contributed by atoms with Crippen molar-refractivity contribution in [3.8, 4) is 5.75 Å². The Bertz CT molecular complexity index is 589. The van der Waals surface area contributed by atoms with Gasteiger partial charge in [-0.05, 0) is 68.6 Å². The average Bonchev–Trinajstić information content (AvgIpc) is 2.83. The molecule has 1 aromatic heterocycles. The molecule has 0 amide bonds. The van der Waals surface area contributed by atoms with Crippen molar-refractivity contribution in [2.75, 3.05) is 13.2 Å². The van der Waals surface area contributed by atoms with Crippen molar-refractivity contribution in [3.63, 3.8) is 0 Å². The molecule has 0 saturated heterocycles. The van der Waals surface area contributed by atoms with Crippen LogP contribution in [0.3, 0.4) is 0 Å². The second-order valence-electron chi connectivity index (χ2n) is 4.74. The van der Waals surface area contributed by atoms with Crippen LogP contribution in [0, 0.1) is 6.92 Å². The SMILES string of the molecule is Cc1ccc(OCC(O)CNCc2ccc(Br)s2)c(Br)c1. The van der Waals surface area contributed by atoms with Gasteiger partial charge in [0.2, 0.25) is 0 Å². The number of ether oxygens (including phenoxy) is 1. The van der Waals surface area contributed by atoms with E-state index in [2.05, 4.69) is 43.2 Å². The van der Waals surface area contributed by atoms with Gasteiger partial charge in [-0.25, -0.2) is 0 Å². The predicted molar refractivity (Wildman–Crippen MR) is 94.1 cm³/mol. The van der Waals surface area contributed by atoms with Crippen LogP contribution in [-0.2, 0) is 6.54 Å². The molecule has 1 heterocycles. The monoisotopic (exact) mass is 433 g/mol. The molecular weight excluding hydrogens is 418 g/mol. The van der Waals surface area contributed by atoms with Crippen LogP contribution >= 0.6 is 43.2 Å². The number of benzene rings is 1. The normalized spacial score (nSPS) is 12.4. The maximum absolute atomic E-state index is 9.93. The van der Waals surface area contributed by atoms with E-state index in [9.17, 15) is 5.11 Å². The van der Waals surface area contributed by atoms with Crippen LogP contribution in [0.15, 0.2) is 38.6 Å². The zero-order valence-corrected chi connectivity index (χ0v) is 15.6. The lowest BCUT2D eigenvalue weighted by atomic mass is 10.2. The van der Waals surface area contributed by atoms with E-state index in [1.807, 2.05) is 31.2 Å². The van der Waals surface area contributed by atoms with Gasteiger partial charge < -0.3 is 15.2 Å². The molecule has 21 heavy (non-hydrogen) atoms. The van der Waals surface area contributed by atoms with Gasteiger partial charge in [-0.2, -0.15) is 0 Å². The first-order valence-electron chi connectivity index (χ1n) is 6.56. The van der Waals surface area contributed by atoms with Crippen molar-refractivity contribution in [1.29, 1.82) is 0 Å². The molecule has 2 N–H and O–H groups in total. The molecule has 0 aliphatic rings. The summed E-state index contributed by atoms with van der Waals surface area (Å²) in [6, 6.07) is 9.97. The molecule has 1 unspecified atom stereocenters. The Labute approximate surface area is 145 Å². The van der Waals surface area contributed by atoms with Crippen molar-refractivity contribution >= 4 is 43.2 Å². The fraction of sp³-hybridized carbons (Fsp3) is 0.333. The van der Waals surface area contributed by atoms with E-state index in [1.54, 1.807) is 11.3 Å². The third kappa shape index (κ3) is 5.71. The van der Waals surface area contributed by atoms with Gasteiger partial charge in [-0.3, -0.25) is 0 Å². The van der Waals surface area contributed by atoms with Crippen LogP contribution in [0.2, 0.25) is 0 Å². The summed E-state index contributed by atoms with van der Waals surface area (Å²) in [6.45, 7) is 3.54. The van der Waals surface area contributed by atoms with Crippen molar-refractivity contribution < 1.29 is 9.84 Å². The number of aliphatic hydroxyl groups is 1. The smallest absolute Gasteiger partial charge is 0.133 e. The highest BCUT2D eigenvalue weighted by molar-refractivity contribution is 9.11. The Morgan fingerprint density at radius 3 is 2.76 bits per heavy atom. The van der Waals surface area contributed by atoms with Gasteiger partial charge in [0.25, 0.3) is 0 Å². The number of halogens is 2. The second-order valence-corrected chi connectivity index (χ2v) is 8.14. The lowest BCUT2D eigenvalue weighted by Crippen LogP contribution is -2.31. The van der Waals surface area contributed by atoms with E-state index in [0.717, 1.165) is 20.6 Å². The van der Waals surface area contributed by atoms with E-state index in [-0.39, 0.29) is 6.61 Å². The Hall–Kier alpha value is -0.400. The summed E-state index contributed by atoms with van der Waals surface area (Å²) >= 11 is 8.58. The van der Waals surface area contributed by atoms with Gasteiger partial charge in [0.15, 0.2) is 0 Å². The van der Waals surface area contributed by atoms with Gasteiger partial charge in [0.1, 0.15) is 18.5 Å². The van der Waals surface area contributed by atoms with E-state index in [4.69, 9.17) is 4.74 Å². The van der Waals surface area contributed by atoms with E-state index in [1.165, 1.54) is 10.4 Å². The van der Waals surface area contributed by atoms with E-state index < -0.39 is 6.10 Å². The lowest BCUT2D eigenvalue weighted by molar-refractivity contribution is 0.106. The largest absolute Gasteiger partial charge is 0.490 e. The molecule has 2 aromatic rings. The number of aryl methyl sites for hydroxylation is 1. The standard InChI is InChI=1S/C15H17Br2NO2S/c1-10-2-4-14(13(16)6-10)20-9-11(19)7-18-8-12-3-5-15(17)21-12/h2-6,11,18-19H,7-9H2,1H3. The number of hydrogen-bond donors (Lipinski definition) is 2. The third-order valence-electron chi connectivity index (χ3n) is 2.83. The van der Waals surface area contributed by atoms with Crippen LogP contribution < -0.4 is 10.1 Å². The summed E-state index contributed by atoms with van der Waals surface area (Å²) in [5, 5.41) is 13.2. The van der Waals surface area contributed by atoms with Crippen LogP contribution in [0.5, 0.6) is 5.75 Å². The predicted octanol–water partition coefficient (Wildman–Crippen LogP) is 4.11. The average molecular weight is 435 g/mol. The van der Waals surface area contributed by atoms with Crippen molar-refractivity contribution in [1.82, 2.24) is 5.32 Å². The summed E-state index contributed by atoms with van der Waals surface area (Å²) in [5.41, 5.74) is 1.17. The molecule has 0 fully saturated rings. The molecule has 1 atom stereocenters. The van der Waals surface area contributed by atoms with Gasteiger partial charge in [0, 0.05) is 18.0 Å². The second kappa shape index (κ2) is 8.29. The quantitative estimate of drug-likeness (QED) is 0.688. The topological polar surface area (TPSA) is 41.5 Å². The highest BCUT2D eigenvalue weighted by atomic mass is 79.9.